The fourth-order valence-corrected chi connectivity index (χ4v) is 10.1. The molecule has 0 aromatic rings. The summed E-state index contributed by atoms with van der Waals surface area (Å²) in [5.74, 6) is -0.802. The highest BCUT2D eigenvalue weighted by atomic mass is 31.2. The van der Waals surface area contributed by atoms with Crippen LogP contribution in [0.15, 0.2) is 0 Å². The molecule has 0 aromatic carbocycles. The van der Waals surface area contributed by atoms with Crippen LogP contribution in [0, 0.1) is 0 Å². The van der Waals surface area contributed by atoms with Gasteiger partial charge in [0.2, 0.25) is 0 Å². The largest absolute Gasteiger partial charge is 0.472 e. The first-order chi connectivity index (χ1) is 33.3. The highest BCUT2D eigenvalue weighted by Gasteiger charge is 2.26. The van der Waals surface area contributed by atoms with Gasteiger partial charge in [-0.2, -0.15) is 0 Å². The molecule has 0 aliphatic rings. The third-order valence-corrected chi connectivity index (χ3v) is 14.7. The smallest absolute Gasteiger partial charge is 0.462 e. The second-order valence-corrected chi connectivity index (χ2v) is 22.0. The lowest BCUT2D eigenvalue weighted by molar-refractivity contribution is -0.161. The number of esters is 2. The molecule has 10 heteroatoms. The third kappa shape index (κ3) is 54.3. The Balaban J connectivity index is 3.85. The summed E-state index contributed by atoms with van der Waals surface area (Å²) in [6.45, 7) is 3.82. The van der Waals surface area contributed by atoms with Crippen molar-refractivity contribution in [1.29, 1.82) is 0 Å². The van der Waals surface area contributed by atoms with E-state index in [2.05, 4.69) is 13.8 Å². The molecule has 0 aliphatic heterocycles. The minimum atomic E-state index is -4.38. The third-order valence-electron chi connectivity index (χ3n) is 13.7. The number of ether oxygens (including phenoxy) is 2. The molecule has 9 nitrogen and oxygen atoms in total. The van der Waals surface area contributed by atoms with E-state index in [1.807, 2.05) is 0 Å². The first-order valence-electron chi connectivity index (χ1n) is 30.0. The summed E-state index contributed by atoms with van der Waals surface area (Å²) < 4.78 is 33.1. The predicted octanol–water partition coefficient (Wildman–Crippen LogP) is 18.7. The van der Waals surface area contributed by atoms with Crippen molar-refractivity contribution in [2.75, 3.05) is 26.4 Å². The van der Waals surface area contributed by atoms with Gasteiger partial charge in [0.05, 0.1) is 13.2 Å². The predicted molar refractivity (Wildman–Crippen MR) is 289 cm³/mol. The van der Waals surface area contributed by atoms with Crippen LogP contribution in [0.1, 0.15) is 328 Å². The van der Waals surface area contributed by atoms with Gasteiger partial charge in [-0.3, -0.25) is 18.6 Å². The van der Waals surface area contributed by atoms with Crippen LogP contribution in [-0.2, 0) is 32.7 Å². The quantitative estimate of drug-likeness (QED) is 0.0347. The van der Waals surface area contributed by atoms with Crippen LogP contribution in [0.4, 0.5) is 0 Å². The second kappa shape index (κ2) is 55.3. The SMILES string of the molecule is CCCCCCCCCCCCCCCCCCCCCCCCCCCCCCCC(=O)OC(COC(=O)CCCCCCCCCCCCCCCCCCCC)COP(=O)(O)OCCN. The molecule has 406 valence electrons. The van der Waals surface area contributed by atoms with Crippen LogP contribution in [-0.4, -0.2) is 49.3 Å². The van der Waals surface area contributed by atoms with Gasteiger partial charge in [0.25, 0.3) is 0 Å². The Morgan fingerprint density at radius 2 is 0.632 bits per heavy atom. The number of unbranched alkanes of at least 4 members (excludes halogenated alkanes) is 45. The molecule has 0 saturated heterocycles. The van der Waals surface area contributed by atoms with Crippen molar-refractivity contribution in [3.63, 3.8) is 0 Å². The van der Waals surface area contributed by atoms with Crippen LogP contribution in [0.5, 0.6) is 0 Å². The van der Waals surface area contributed by atoms with E-state index < -0.39 is 26.5 Å². The Morgan fingerprint density at radius 1 is 0.382 bits per heavy atom. The number of carbonyl (C=O) groups excluding carboxylic acids is 2. The van der Waals surface area contributed by atoms with E-state index in [0.29, 0.717) is 6.42 Å². The molecule has 2 unspecified atom stereocenters. The minimum absolute atomic E-state index is 0.0586. The molecule has 0 saturated carbocycles. The summed E-state index contributed by atoms with van der Waals surface area (Å²) in [5.41, 5.74) is 5.38. The molecule has 0 bridgehead atoms. The number of phosphoric ester groups is 1. The maximum Gasteiger partial charge on any atom is 0.472 e. The number of hydrogen-bond donors (Lipinski definition) is 2. The van der Waals surface area contributed by atoms with Gasteiger partial charge < -0.3 is 20.1 Å². The van der Waals surface area contributed by atoms with E-state index in [-0.39, 0.29) is 38.6 Å². The number of nitrogens with two attached hydrogens (primary N) is 1. The molecule has 0 heterocycles. The molecule has 2 atom stereocenters. The lowest BCUT2D eigenvalue weighted by atomic mass is 10.0. The number of rotatable bonds is 58. The van der Waals surface area contributed by atoms with Gasteiger partial charge in [-0.1, -0.05) is 303 Å². The van der Waals surface area contributed by atoms with Crippen molar-refractivity contribution < 1.29 is 37.6 Å². The molecule has 68 heavy (non-hydrogen) atoms. The maximum absolute atomic E-state index is 12.7. The van der Waals surface area contributed by atoms with Gasteiger partial charge in [-0.15, -0.1) is 0 Å². The van der Waals surface area contributed by atoms with Crippen molar-refractivity contribution in [3.05, 3.63) is 0 Å². The lowest BCUT2D eigenvalue weighted by Gasteiger charge is -2.19. The zero-order valence-electron chi connectivity index (χ0n) is 45.4. The van der Waals surface area contributed by atoms with E-state index >= 15 is 0 Å². The first kappa shape index (κ1) is 67.0. The number of carbonyl (C=O) groups is 2. The van der Waals surface area contributed by atoms with Crippen molar-refractivity contribution in [3.8, 4) is 0 Å². The van der Waals surface area contributed by atoms with E-state index in [9.17, 15) is 19.0 Å². The van der Waals surface area contributed by atoms with Crippen LogP contribution in [0.25, 0.3) is 0 Å². The maximum atomic E-state index is 12.7. The summed E-state index contributed by atoms with van der Waals surface area (Å²) >= 11 is 0. The van der Waals surface area contributed by atoms with Crippen LogP contribution < -0.4 is 5.73 Å². The van der Waals surface area contributed by atoms with Crippen molar-refractivity contribution in [1.82, 2.24) is 0 Å². The van der Waals surface area contributed by atoms with Gasteiger partial charge in [0, 0.05) is 19.4 Å². The normalized spacial score (nSPS) is 12.9. The first-order valence-corrected chi connectivity index (χ1v) is 31.5. The number of hydrogen-bond acceptors (Lipinski definition) is 8. The Bertz CT molecular complexity index is 1080. The van der Waals surface area contributed by atoms with Gasteiger partial charge in [-0.05, 0) is 12.8 Å². The van der Waals surface area contributed by atoms with Crippen molar-refractivity contribution in [2.45, 2.75) is 335 Å². The Morgan fingerprint density at radius 3 is 0.897 bits per heavy atom. The molecule has 0 fully saturated rings. The standard InChI is InChI=1S/C58H116NO8P/c1-3-5-7-9-11-13-15-17-19-21-23-24-25-26-27-28-29-30-31-32-33-35-37-39-41-43-45-47-49-51-58(61)67-56(55-66-68(62,63)65-53-52-59)54-64-57(60)50-48-46-44-42-40-38-36-34-22-20-18-16-14-12-10-8-6-4-2/h56H,3-55,59H2,1-2H3,(H,62,63). The topological polar surface area (TPSA) is 134 Å². The Kier molecular flexibility index (Phi) is 54.5. The minimum Gasteiger partial charge on any atom is -0.462 e. The molecule has 3 N–H and O–H groups in total. The molecule has 0 rings (SSSR count). The zero-order valence-corrected chi connectivity index (χ0v) is 46.3. The lowest BCUT2D eigenvalue weighted by Crippen LogP contribution is -2.29. The molecule has 0 aliphatic carbocycles. The summed E-state index contributed by atoms with van der Waals surface area (Å²) in [7, 11) is -4.38. The highest BCUT2D eigenvalue weighted by Crippen LogP contribution is 2.43. The van der Waals surface area contributed by atoms with Gasteiger partial charge in [0.15, 0.2) is 6.10 Å². The Hall–Kier alpha value is -0.990. The molecule has 0 amide bonds. The summed E-state index contributed by atoms with van der Waals surface area (Å²) in [4.78, 5) is 35.2. The summed E-state index contributed by atoms with van der Waals surface area (Å²) in [5, 5.41) is 0. The van der Waals surface area contributed by atoms with Crippen LogP contribution in [0.2, 0.25) is 0 Å². The van der Waals surface area contributed by atoms with E-state index in [1.165, 1.54) is 263 Å². The zero-order chi connectivity index (χ0) is 49.5. The Labute approximate surface area is 422 Å². The van der Waals surface area contributed by atoms with E-state index in [0.717, 1.165) is 32.1 Å². The average molecular weight is 987 g/mol. The molecule has 0 radical (unpaired) electrons. The van der Waals surface area contributed by atoms with Crippen molar-refractivity contribution in [2.24, 2.45) is 5.73 Å². The van der Waals surface area contributed by atoms with Crippen LogP contribution >= 0.6 is 7.82 Å². The van der Waals surface area contributed by atoms with Gasteiger partial charge in [0.1, 0.15) is 6.61 Å². The molecular formula is C58H116NO8P. The van der Waals surface area contributed by atoms with Gasteiger partial charge in [-0.25, -0.2) is 4.57 Å². The summed E-state index contributed by atoms with van der Waals surface area (Å²) in [6.07, 6.45) is 61.7. The second-order valence-electron chi connectivity index (χ2n) is 20.6. The monoisotopic (exact) mass is 986 g/mol. The van der Waals surface area contributed by atoms with Crippen molar-refractivity contribution >= 4 is 19.8 Å². The van der Waals surface area contributed by atoms with E-state index in [1.54, 1.807) is 0 Å². The number of phosphoric acid groups is 1. The van der Waals surface area contributed by atoms with Gasteiger partial charge >= 0.3 is 19.8 Å². The summed E-state index contributed by atoms with van der Waals surface area (Å²) in [6, 6.07) is 0. The fourth-order valence-electron chi connectivity index (χ4n) is 9.29. The average Bonchev–Trinajstić information content (AvgIpc) is 3.33. The molecule has 0 spiro atoms. The van der Waals surface area contributed by atoms with E-state index in [4.69, 9.17) is 24.3 Å². The van der Waals surface area contributed by atoms with Crippen LogP contribution in [0.3, 0.4) is 0 Å². The fraction of sp³-hybridized carbons (Fsp3) is 0.966. The molecular weight excluding hydrogens is 870 g/mol. The highest BCUT2D eigenvalue weighted by molar-refractivity contribution is 7.47. The molecule has 0 aromatic heterocycles.